The second-order valence-corrected chi connectivity index (χ2v) is 8.29. The van der Waals surface area contributed by atoms with Crippen LogP contribution in [0.15, 0.2) is 18.2 Å². The van der Waals surface area contributed by atoms with E-state index in [1.165, 1.54) is 5.69 Å². The van der Waals surface area contributed by atoms with Gasteiger partial charge in [-0.15, -0.1) is 9.24 Å². The number of benzene rings is 1. The minimum atomic E-state index is -0.231. The smallest absolute Gasteiger partial charge is 0.219 e. The molecular formula is C20H31N4O2P. The summed E-state index contributed by atoms with van der Waals surface area (Å²) in [4.78, 5) is 30.3. The lowest BCUT2D eigenvalue weighted by molar-refractivity contribution is -0.120. The summed E-state index contributed by atoms with van der Waals surface area (Å²) < 4.78 is 0. The first-order chi connectivity index (χ1) is 13.0. The minimum absolute atomic E-state index is 0.0277. The van der Waals surface area contributed by atoms with E-state index < -0.39 is 0 Å². The summed E-state index contributed by atoms with van der Waals surface area (Å²) in [5.41, 5.74) is 2.21. The SMILES string of the molecule is CNC(=O)CCC(C=O)c1ccc(N2CC(N3CCN(C)CC3)C2)c(P)c1. The van der Waals surface area contributed by atoms with Gasteiger partial charge in [-0.2, -0.15) is 0 Å². The highest BCUT2D eigenvalue weighted by atomic mass is 31.0. The standard InChI is InChI=1S/C20H31N4O2P/c1-21-20(26)6-4-16(14-25)15-3-5-18(19(27)11-15)24-12-17(13-24)23-9-7-22(2)8-10-23/h3,5,11,14,16-17H,4,6-10,12-13,27H2,1-2H3,(H,21,26). The van der Waals surface area contributed by atoms with E-state index in [1.54, 1.807) is 7.05 Å². The average molecular weight is 390 g/mol. The van der Waals surface area contributed by atoms with Crippen molar-refractivity contribution in [3.05, 3.63) is 23.8 Å². The van der Waals surface area contributed by atoms with Crippen molar-refractivity contribution in [2.24, 2.45) is 0 Å². The number of nitrogens with zero attached hydrogens (tertiary/aromatic N) is 3. The van der Waals surface area contributed by atoms with Crippen LogP contribution < -0.4 is 15.5 Å². The second-order valence-electron chi connectivity index (χ2n) is 7.67. The number of hydrogen-bond acceptors (Lipinski definition) is 5. The van der Waals surface area contributed by atoms with Crippen molar-refractivity contribution in [2.75, 3.05) is 58.3 Å². The molecule has 0 aromatic heterocycles. The van der Waals surface area contributed by atoms with Crippen LogP contribution in [-0.4, -0.2) is 81.4 Å². The molecule has 2 heterocycles. The third-order valence-corrected chi connectivity index (χ3v) is 6.32. The Balaban J connectivity index is 1.57. The van der Waals surface area contributed by atoms with Crippen LogP contribution in [0.2, 0.25) is 0 Å². The molecule has 2 atom stereocenters. The van der Waals surface area contributed by atoms with Crippen LogP contribution in [0.1, 0.15) is 24.3 Å². The molecule has 1 N–H and O–H groups in total. The summed E-state index contributed by atoms with van der Waals surface area (Å²) in [7, 11) is 6.62. The summed E-state index contributed by atoms with van der Waals surface area (Å²) in [5.74, 6) is -0.259. The summed E-state index contributed by atoms with van der Waals surface area (Å²) in [5, 5.41) is 3.73. The van der Waals surface area contributed by atoms with E-state index in [4.69, 9.17) is 0 Å². The van der Waals surface area contributed by atoms with Gasteiger partial charge in [0.05, 0.1) is 0 Å². The fourth-order valence-corrected chi connectivity index (χ4v) is 4.36. The molecule has 1 aromatic rings. The maximum Gasteiger partial charge on any atom is 0.219 e. The molecule has 2 unspecified atom stereocenters. The van der Waals surface area contributed by atoms with E-state index in [-0.39, 0.29) is 11.8 Å². The lowest BCUT2D eigenvalue weighted by Gasteiger charge is -2.49. The zero-order chi connectivity index (χ0) is 19.4. The predicted octanol–water partition coefficient (Wildman–Crippen LogP) is 0.432. The largest absolute Gasteiger partial charge is 0.368 e. The van der Waals surface area contributed by atoms with Crippen molar-refractivity contribution in [1.82, 2.24) is 15.1 Å². The highest BCUT2D eigenvalue weighted by Crippen LogP contribution is 2.27. The molecule has 0 radical (unpaired) electrons. The first-order valence-corrected chi connectivity index (χ1v) is 10.3. The van der Waals surface area contributed by atoms with Gasteiger partial charge >= 0.3 is 0 Å². The van der Waals surface area contributed by atoms with Gasteiger partial charge in [0.1, 0.15) is 6.29 Å². The fraction of sp³-hybridized carbons (Fsp3) is 0.600. The zero-order valence-corrected chi connectivity index (χ0v) is 17.5. The Bertz CT molecular complexity index is 670. The Labute approximate surface area is 164 Å². The molecule has 2 aliphatic heterocycles. The van der Waals surface area contributed by atoms with Gasteiger partial charge in [0.15, 0.2) is 0 Å². The number of hydrogen-bond donors (Lipinski definition) is 1. The predicted molar refractivity (Wildman–Crippen MR) is 113 cm³/mol. The lowest BCUT2D eigenvalue weighted by atomic mass is 9.94. The molecule has 1 amide bonds. The first kappa shape index (κ1) is 20.2. The molecular weight excluding hydrogens is 359 g/mol. The van der Waals surface area contributed by atoms with Crippen LogP contribution in [0, 0.1) is 0 Å². The third-order valence-electron chi connectivity index (χ3n) is 5.86. The Kier molecular flexibility index (Phi) is 6.85. The van der Waals surface area contributed by atoms with Gasteiger partial charge in [0, 0.05) is 70.4 Å². The third kappa shape index (κ3) is 4.87. The molecule has 2 aliphatic rings. The van der Waals surface area contributed by atoms with Crippen LogP contribution in [0.3, 0.4) is 0 Å². The lowest BCUT2D eigenvalue weighted by Crippen LogP contribution is -2.63. The Morgan fingerprint density at radius 1 is 1.30 bits per heavy atom. The highest BCUT2D eigenvalue weighted by molar-refractivity contribution is 7.28. The number of aldehydes is 1. The van der Waals surface area contributed by atoms with Gasteiger partial charge in [0.25, 0.3) is 0 Å². The van der Waals surface area contributed by atoms with Crippen molar-refractivity contribution < 1.29 is 9.59 Å². The number of carbonyl (C=O) groups excluding carboxylic acids is 2. The molecule has 0 saturated carbocycles. The van der Waals surface area contributed by atoms with Crippen molar-refractivity contribution in [2.45, 2.75) is 24.8 Å². The molecule has 0 bridgehead atoms. The van der Waals surface area contributed by atoms with Crippen LogP contribution in [0.4, 0.5) is 5.69 Å². The van der Waals surface area contributed by atoms with Crippen LogP contribution >= 0.6 is 9.24 Å². The Hall–Kier alpha value is -1.49. The van der Waals surface area contributed by atoms with Gasteiger partial charge in [-0.1, -0.05) is 6.07 Å². The van der Waals surface area contributed by atoms with Gasteiger partial charge in [-0.05, 0) is 36.5 Å². The molecule has 2 saturated heterocycles. The van der Waals surface area contributed by atoms with Crippen molar-refractivity contribution >= 4 is 32.4 Å². The van der Waals surface area contributed by atoms with Crippen molar-refractivity contribution in [3.63, 3.8) is 0 Å². The zero-order valence-electron chi connectivity index (χ0n) is 16.4. The first-order valence-electron chi connectivity index (χ1n) is 9.74. The molecule has 27 heavy (non-hydrogen) atoms. The second kappa shape index (κ2) is 9.13. The monoisotopic (exact) mass is 390 g/mol. The topological polar surface area (TPSA) is 55.9 Å². The van der Waals surface area contributed by atoms with E-state index in [1.807, 2.05) is 6.07 Å². The van der Waals surface area contributed by atoms with Gasteiger partial charge in [-0.25, -0.2) is 0 Å². The highest BCUT2D eigenvalue weighted by Gasteiger charge is 2.33. The molecule has 3 rings (SSSR count). The molecule has 6 nitrogen and oxygen atoms in total. The maximum absolute atomic E-state index is 11.5. The summed E-state index contributed by atoms with van der Waals surface area (Å²) >= 11 is 0. The molecule has 0 spiro atoms. The average Bonchev–Trinajstić information content (AvgIpc) is 2.63. The minimum Gasteiger partial charge on any atom is -0.368 e. The molecule has 148 valence electrons. The van der Waals surface area contributed by atoms with E-state index >= 15 is 0 Å². The number of piperazine rings is 1. The summed E-state index contributed by atoms with van der Waals surface area (Å²) in [6.45, 7) is 6.77. The van der Waals surface area contributed by atoms with Crippen LogP contribution in [0.5, 0.6) is 0 Å². The fourth-order valence-electron chi connectivity index (χ4n) is 3.89. The normalized spacial score (nSPS) is 20.2. The quantitative estimate of drug-likeness (QED) is 0.541. The summed E-state index contributed by atoms with van der Waals surface area (Å²) in [6, 6.07) is 6.88. The number of likely N-dealkylation sites (N-methyl/N-ethyl adjacent to an activating group) is 1. The molecule has 2 fully saturated rings. The van der Waals surface area contributed by atoms with E-state index in [0.717, 1.165) is 56.4 Å². The number of nitrogens with one attached hydrogen (secondary N) is 1. The molecule has 7 heteroatoms. The van der Waals surface area contributed by atoms with Crippen molar-refractivity contribution in [3.8, 4) is 0 Å². The van der Waals surface area contributed by atoms with E-state index in [2.05, 4.69) is 48.4 Å². The summed E-state index contributed by atoms with van der Waals surface area (Å²) in [6.07, 6.45) is 1.86. The molecule has 0 aliphatic carbocycles. The van der Waals surface area contributed by atoms with E-state index in [9.17, 15) is 9.59 Å². The van der Waals surface area contributed by atoms with Crippen LogP contribution in [0.25, 0.3) is 0 Å². The van der Waals surface area contributed by atoms with Crippen molar-refractivity contribution in [1.29, 1.82) is 0 Å². The van der Waals surface area contributed by atoms with Gasteiger partial charge in [-0.3, -0.25) is 9.69 Å². The van der Waals surface area contributed by atoms with E-state index in [0.29, 0.717) is 18.9 Å². The maximum atomic E-state index is 11.5. The molecule has 1 aromatic carbocycles. The number of anilines is 1. The van der Waals surface area contributed by atoms with Gasteiger partial charge in [0.2, 0.25) is 5.91 Å². The Morgan fingerprint density at radius 2 is 2.00 bits per heavy atom. The Morgan fingerprint density at radius 3 is 2.59 bits per heavy atom. The van der Waals surface area contributed by atoms with Crippen LogP contribution in [-0.2, 0) is 9.59 Å². The number of carbonyl (C=O) groups is 2. The number of rotatable bonds is 7. The number of amides is 1. The van der Waals surface area contributed by atoms with Gasteiger partial charge < -0.3 is 19.9 Å².